The van der Waals surface area contributed by atoms with E-state index in [4.69, 9.17) is 4.42 Å². The molecule has 4 aromatic rings. The van der Waals surface area contributed by atoms with Crippen LogP contribution in [-0.4, -0.2) is 22.3 Å². The van der Waals surface area contributed by atoms with Gasteiger partial charge in [-0.1, -0.05) is 12.1 Å². The summed E-state index contributed by atoms with van der Waals surface area (Å²) >= 11 is 0. The van der Waals surface area contributed by atoms with E-state index in [-0.39, 0.29) is 23.1 Å². The highest BCUT2D eigenvalue weighted by atomic mass is 19.1. The summed E-state index contributed by atoms with van der Waals surface area (Å²) in [7, 11) is 0. The number of oxazole rings is 1. The number of hydrogen-bond donors (Lipinski definition) is 0. The highest BCUT2D eigenvalue weighted by Gasteiger charge is 2.34. The van der Waals surface area contributed by atoms with Gasteiger partial charge in [0, 0.05) is 23.7 Å². The van der Waals surface area contributed by atoms with E-state index in [2.05, 4.69) is 4.98 Å². The van der Waals surface area contributed by atoms with Crippen LogP contribution in [0.2, 0.25) is 0 Å². The fourth-order valence-corrected chi connectivity index (χ4v) is 4.03. The van der Waals surface area contributed by atoms with E-state index >= 15 is 0 Å². The molecule has 0 bridgehead atoms. The Morgan fingerprint density at radius 2 is 1.84 bits per heavy atom. The molecule has 1 amide bonds. The molecule has 1 aliphatic heterocycles. The lowest BCUT2D eigenvalue weighted by Crippen LogP contribution is -2.30. The maximum Gasteiger partial charge on any atom is 0.254 e. The number of benzene rings is 3. The number of fused-ring (bicyclic) bond motifs is 1. The summed E-state index contributed by atoms with van der Waals surface area (Å²) in [6.07, 6.45) is 1.45. The van der Waals surface area contributed by atoms with E-state index in [1.165, 1.54) is 30.3 Å². The van der Waals surface area contributed by atoms with Crippen molar-refractivity contribution in [3.05, 3.63) is 89.6 Å². The molecule has 1 unspecified atom stereocenters. The zero-order valence-electron chi connectivity index (χ0n) is 16.3. The molecule has 0 N–H and O–H groups in total. The minimum atomic E-state index is -0.661. The minimum absolute atomic E-state index is 0.261. The normalized spacial score (nSPS) is 16.2. The molecule has 0 aliphatic carbocycles. The Morgan fingerprint density at radius 1 is 1.00 bits per heavy atom. The average molecular weight is 422 g/mol. The van der Waals surface area contributed by atoms with Crippen LogP contribution >= 0.6 is 0 Å². The molecule has 5 rings (SSSR count). The summed E-state index contributed by atoms with van der Waals surface area (Å²) in [5, 5.41) is 0. The quantitative estimate of drug-likeness (QED) is 0.414. The van der Waals surface area contributed by atoms with Gasteiger partial charge in [-0.15, -0.1) is 0 Å². The first-order chi connectivity index (χ1) is 15.0. The maximum atomic E-state index is 14.2. The third kappa shape index (κ3) is 3.56. The Hall–Kier alpha value is -3.61. The molecule has 0 saturated carbocycles. The monoisotopic (exact) mass is 422 g/mol. The molecule has 1 aliphatic rings. The van der Waals surface area contributed by atoms with E-state index in [1.54, 1.807) is 29.2 Å². The van der Waals surface area contributed by atoms with Gasteiger partial charge in [-0.3, -0.25) is 4.79 Å². The van der Waals surface area contributed by atoms with Crippen molar-refractivity contribution in [1.82, 2.24) is 9.88 Å². The van der Waals surface area contributed by atoms with Gasteiger partial charge in [0.2, 0.25) is 5.89 Å². The maximum absolute atomic E-state index is 14.2. The Bertz CT molecular complexity index is 1300. The van der Waals surface area contributed by atoms with Crippen molar-refractivity contribution in [2.45, 2.75) is 18.9 Å². The summed E-state index contributed by atoms with van der Waals surface area (Å²) in [4.78, 5) is 19.1. The van der Waals surface area contributed by atoms with Gasteiger partial charge in [0.15, 0.2) is 5.58 Å². The smallest absolute Gasteiger partial charge is 0.254 e. The Balaban J connectivity index is 1.47. The molecular formula is C24H17F3N2O2. The Morgan fingerprint density at radius 3 is 2.65 bits per heavy atom. The molecule has 2 heterocycles. The molecule has 31 heavy (non-hydrogen) atoms. The molecule has 1 fully saturated rings. The summed E-state index contributed by atoms with van der Waals surface area (Å²) in [5.74, 6) is -1.67. The van der Waals surface area contributed by atoms with Crippen molar-refractivity contribution in [3.8, 4) is 11.1 Å². The second-order valence-corrected chi connectivity index (χ2v) is 7.53. The zero-order valence-corrected chi connectivity index (χ0v) is 16.3. The van der Waals surface area contributed by atoms with Gasteiger partial charge < -0.3 is 9.32 Å². The topological polar surface area (TPSA) is 46.3 Å². The number of likely N-dealkylation sites (tertiary alicyclic amines) is 1. The predicted octanol–water partition coefficient (Wildman–Crippen LogP) is 5.89. The van der Waals surface area contributed by atoms with E-state index in [0.29, 0.717) is 35.5 Å². The van der Waals surface area contributed by atoms with Crippen molar-refractivity contribution in [2.75, 3.05) is 6.54 Å². The summed E-state index contributed by atoms with van der Waals surface area (Å²) < 4.78 is 46.8. The minimum Gasteiger partial charge on any atom is -0.438 e. The molecule has 7 heteroatoms. The van der Waals surface area contributed by atoms with Crippen LogP contribution < -0.4 is 0 Å². The number of amides is 1. The van der Waals surface area contributed by atoms with Crippen LogP contribution in [-0.2, 0) is 0 Å². The second-order valence-electron chi connectivity index (χ2n) is 7.53. The average Bonchev–Trinajstić information content (AvgIpc) is 3.39. The first kappa shape index (κ1) is 19.4. The number of aromatic nitrogens is 1. The number of carbonyl (C=O) groups excluding carboxylic acids is 1. The van der Waals surface area contributed by atoms with Gasteiger partial charge >= 0.3 is 0 Å². The van der Waals surface area contributed by atoms with Gasteiger partial charge in [-0.05, 0) is 60.9 Å². The second kappa shape index (κ2) is 7.58. The number of halogens is 3. The van der Waals surface area contributed by atoms with Crippen LogP contribution in [0.25, 0.3) is 22.2 Å². The van der Waals surface area contributed by atoms with Crippen LogP contribution in [0.1, 0.15) is 35.1 Å². The summed E-state index contributed by atoms with van der Waals surface area (Å²) in [6.45, 7) is 0.519. The molecule has 1 saturated heterocycles. The van der Waals surface area contributed by atoms with E-state index in [9.17, 15) is 18.0 Å². The SMILES string of the molecule is O=C(c1cccc(F)c1)N1CCCC1c1nc2cc(-c3ccc(F)cc3F)ccc2o1. The van der Waals surface area contributed by atoms with E-state index in [0.717, 1.165) is 12.5 Å². The van der Waals surface area contributed by atoms with Crippen LogP contribution in [0.4, 0.5) is 13.2 Å². The van der Waals surface area contributed by atoms with Crippen LogP contribution in [0, 0.1) is 17.5 Å². The van der Waals surface area contributed by atoms with Crippen molar-refractivity contribution in [1.29, 1.82) is 0 Å². The Kier molecular flexibility index (Phi) is 4.73. The van der Waals surface area contributed by atoms with Crippen molar-refractivity contribution < 1.29 is 22.4 Å². The number of nitrogens with zero attached hydrogens (tertiary/aromatic N) is 2. The third-order valence-electron chi connectivity index (χ3n) is 5.52. The Labute approximate surface area is 175 Å². The molecule has 4 nitrogen and oxygen atoms in total. The van der Waals surface area contributed by atoms with Gasteiger partial charge in [0.05, 0.1) is 0 Å². The molecule has 0 spiro atoms. The van der Waals surface area contributed by atoms with Crippen molar-refractivity contribution in [3.63, 3.8) is 0 Å². The van der Waals surface area contributed by atoms with Gasteiger partial charge in [-0.2, -0.15) is 0 Å². The van der Waals surface area contributed by atoms with E-state index < -0.39 is 17.5 Å². The predicted molar refractivity (Wildman–Crippen MR) is 109 cm³/mol. The summed E-state index contributed by atoms with van der Waals surface area (Å²) in [5.41, 5.74) is 2.10. The van der Waals surface area contributed by atoms with Crippen molar-refractivity contribution >= 4 is 17.0 Å². The third-order valence-corrected chi connectivity index (χ3v) is 5.52. The van der Waals surface area contributed by atoms with Crippen LogP contribution in [0.3, 0.4) is 0 Å². The highest BCUT2D eigenvalue weighted by Crippen LogP contribution is 2.35. The van der Waals surface area contributed by atoms with Crippen molar-refractivity contribution in [2.24, 2.45) is 0 Å². The van der Waals surface area contributed by atoms with E-state index in [1.807, 2.05) is 0 Å². The fourth-order valence-electron chi connectivity index (χ4n) is 4.03. The largest absolute Gasteiger partial charge is 0.438 e. The molecule has 3 aromatic carbocycles. The highest BCUT2D eigenvalue weighted by molar-refractivity contribution is 5.94. The molecule has 1 atom stereocenters. The fraction of sp³-hybridized carbons (Fsp3) is 0.167. The molecule has 1 aromatic heterocycles. The summed E-state index contributed by atoms with van der Waals surface area (Å²) in [6, 6.07) is 13.7. The lowest BCUT2D eigenvalue weighted by Gasteiger charge is -2.22. The van der Waals surface area contributed by atoms with Gasteiger partial charge in [-0.25, -0.2) is 18.2 Å². The number of carbonyl (C=O) groups is 1. The zero-order chi connectivity index (χ0) is 21.5. The first-order valence-electron chi connectivity index (χ1n) is 9.92. The first-order valence-corrected chi connectivity index (χ1v) is 9.92. The van der Waals surface area contributed by atoms with Crippen LogP contribution in [0.15, 0.2) is 65.1 Å². The number of hydrogen-bond acceptors (Lipinski definition) is 3. The molecule has 156 valence electrons. The van der Waals surface area contributed by atoms with Gasteiger partial charge in [0.25, 0.3) is 5.91 Å². The number of rotatable bonds is 3. The molecular weight excluding hydrogens is 405 g/mol. The van der Waals surface area contributed by atoms with Crippen LogP contribution in [0.5, 0.6) is 0 Å². The van der Waals surface area contributed by atoms with Gasteiger partial charge in [0.1, 0.15) is 29.0 Å². The lowest BCUT2D eigenvalue weighted by molar-refractivity contribution is 0.0716. The lowest BCUT2D eigenvalue weighted by atomic mass is 10.0. The standard InChI is InChI=1S/C24H17F3N2O2/c25-16-4-1-3-15(11-16)24(30)29-10-2-5-21(29)23-28-20-12-14(6-9-22(20)31-23)18-8-7-17(26)13-19(18)27/h1,3-4,6-9,11-13,21H,2,5,10H2. The molecule has 0 radical (unpaired) electrons.